The average molecular weight is 309 g/mol. The first-order valence-corrected chi connectivity index (χ1v) is 6.92. The number of carbonyl (C=O) groups is 1. The van der Waals surface area contributed by atoms with Crippen LogP contribution in [0.3, 0.4) is 0 Å². The molecule has 23 heavy (non-hydrogen) atoms. The van der Waals surface area contributed by atoms with Crippen LogP contribution in [0.25, 0.3) is 6.08 Å². The van der Waals surface area contributed by atoms with Gasteiger partial charge < -0.3 is 0 Å². The summed E-state index contributed by atoms with van der Waals surface area (Å²) in [4.78, 5) is 21.9. The zero-order chi connectivity index (χ0) is 16.5. The van der Waals surface area contributed by atoms with Crippen molar-refractivity contribution in [2.24, 2.45) is 5.10 Å². The Morgan fingerprint density at radius 1 is 1.17 bits per heavy atom. The lowest BCUT2D eigenvalue weighted by atomic mass is 10.1. The summed E-state index contributed by atoms with van der Waals surface area (Å²) in [6, 6.07) is 15.6. The van der Waals surface area contributed by atoms with Gasteiger partial charge in [0.1, 0.15) is 0 Å². The number of hydrogen-bond donors (Lipinski definition) is 1. The minimum atomic E-state index is -0.449. The number of non-ortho nitro benzene ring substituents is 1. The number of nitrogens with zero attached hydrogens (tertiary/aromatic N) is 2. The fraction of sp³-hybridized carbons (Fsp3) is 0.0588. The lowest BCUT2D eigenvalue weighted by Gasteiger charge is -1.99. The summed E-state index contributed by atoms with van der Waals surface area (Å²) in [7, 11) is 0. The van der Waals surface area contributed by atoms with Gasteiger partial charge in [-0.2, -0.15) is 5.10 Å². The largest absolute Gasteiger partial charge is 0.273 e. The van der Waals surface area contributed by atoms with E-state index in [0.29, 0.717) is 5.56 Å². The van der Waals surface area contributed by atoms with Crippen molar-refractivity contribution in [1.82, 2.24) is 5.43 Å². The van der Waals surface area contributed by atoms with Crippen molar-refractivity contribution in [2.45, 2.75) is 6.42 Å². The molecule has 0 bridgehead atoms. The van der Waals surface area contributed by atoms with Crippen molar-refractivity contribution in [3.8, 4) is 0 Å². The zero-order valence-corrected chi connectivity index (χ0v) is 12.3. The van der Waals surface area contributed by atoms with Crippen LogP contribution in [0.5, 0.6) is 0 Å². The molecule has 0 aliphatic rings. The third kappa shape index (κ3) is 5.55. The van der Waals surface area contributed by atoms with E-state index < -0.39 is 4.92 Å². The van der Waals surface area contributed by atoms with Gasteiger partial charge in [-0.1, -0.05) is 48.5 Å². The summed E-state index contributed by atoms with van der Waals surface area (Å²) in [5, 5.41) is 14.5. The highest BCUT2D eigenvalue weighted by Crippen LogP contribution is 2.13. The van der Waals surface area contributed by atoms with Gasteiger partial charge >= 0.3 is 0 Å². The van der Waals surface area contributed by atoms with Crippen LogP contribution in [0, 0.1) is 10.1 Å². The van der Waals surface area contributed by atoms with Crippen LogP contribution in [0.2, 0.25) is 0 Å². The second-order valence-corrected chi connectivity index (χ2v) is 4.69. The minimum absolute atomic E-state index is 0.0280. The molecule has 0 unspecified atom stereocenters. The third-order valence-electron chi connectivity index (χ3n) is 2.93. The average Bonchev–Trinajstić information content (AvgIpc) is 2.55. The number of amides is 1. The lowest BCUT2D eigenvalue weighted by Crippen LogP contribution is -2.19. The van der Waals surface area contributed by atoms with Gasteiger partial charge in [0.2, 0.25) is 5.91 Å². The van der Waals surface area contributed by atoms with E-state index in [1.54, 1.807) is 24.3 Å². The van der Waals surface area contributed by atoms with Crippen LogP contribution >= 0.6 is 0 Å². The number of hydrogen-bond acceptors (Lipinski definition) is 4. The molecule has 0 fully saturated rings. The number of rotatable bonds is 6. The molecule has 0 saturated carbocycles. The first kappa shape index (κ1) is 16.1. The van der Waals surface area contributed by atoms with Crippen molar-refractivity contribution >= 4 is 23.9 Å². The van der Waals surface area contributed by atoms with Crippen LogP contribution in [-0.2, 0) is 11.2 Å². The molecule has 0 heterocycles. The van der Waals surface area contributed by atoms with Crippen LogP contribution in [0.4, 0.5) is 5.69 Å². The maximum Gasteiger partial charge on any atom is 0.270 e. The second-order valence-electron chi connectivity index (χ2n) is 4.69. The molecule has 0 saturated heterocycles. The summed E-state index contributed by atoms with van der Waals surface area (Å²) in [5.74, 6) is -0.212. The van der Waals surface area contributed by atoms with E-state index in [1.807, 2.05) is 30.3 Å². The van der Waals surface area contributed by atoms with Crippen molar-refractivity contribution in [1.29, 1.82) is 0 Å². The van der Waals surface area contributed by atoms with E-state index in [9.17, 15) is 14.9 Å². The van der Waals surface area contributed by atoms with E-state index in [1.165, 1.54) is 18.3 Å². The molecule has 0 aliphatic heterocycles. The number of nitro groups is 1. The third-order valence-corrected chi connectivity index (χ3v) is 2.93. The van der Waals surface area contributed by atoms with Gasteiger partial charge in [0.15, 0.2) is 0 Å². The molecule has 0 spiro atoms. The summed E-state index contributed by atoms with van der Waals surface area (Å²) in [5.41, 5.74) is 4.04. The highest BCUT2D eigenvalue weighted by Gasteiger charge is 2.03. The quantitative estimate of drug-likeness (QED) is 0.506. The molecule has 116 valence electrons. The Morgan fingerprint density at radius 2 is 1.96 bits per heavy atom. The molecule has 6 heteroatoms. The second kappa shape index (κ2) is 8.23. The monoisotopic (exact) mass is 309 g/mol. The lowest BCUT2D eigenvalue weighted by molar-refractivity contribution is -0.384. The first-order chi connectivity index (χ1) is 11.1. The van der Waals surface area contributed by atoms with Crippen molar-refractivity contribution < 1.29 is 9.72 Å². The van der Waals surface area contributed by atoms with Gasteiger partial charge in [0.05, 0.1) is 11.3 Å². The zero-order valence-electron chi connectivity index (χ0n) is 12.3. The highest BCUT2D eigenvalue weighted by atomic mass is 16.6. The molecule has 6 nitrogen and oxygen atoms in total. The first-order valence-electron chi connectivity index (χ1n) is 6.92. The number of nitro benzene ring substituents is 1. The molecule has 2 rings (SSSR count). The van der Waals surface area contributed by atoms with Gasteiger partial charge in [-0.15, -0.1) is 0 Å². The normalized spacial score (nSPS) is 11.0. The van der Waals surface area contributed by atoms with Gasteiger partial charge in [-0.3, -0.25) is 14.9 Å². The number of benzene rings is 2. The predicted molar refractivity (Wildman–Crippen MR) is 88.9 cm³/mol. The Balaban J connectivity index is 1.83. The molecule has 0 aromatic heterocycles. The fourth-order valence-electron chi connectivity index (χ4n) is 1.87. The molecule has 1 amide bonds. The van der Waals surface area contributed by atoms with E-state index in [0.717, 1.165) is 5.56 Å². The van der Waals surface area contributed by atoms with Crippen LogP contribution in [0.15, 0.2) is 65.8 Å². The topological polar surface area (TPSA) is 84.6 Å². The van der Waals surface area contributed by atoms with Crippen LogP contribution < -0.4 is 5.43 Å². The maximum absolute atomic E-state index is 11.6. The SMILES string of the molecule is O=C(Cc1ccccc1)NN=CC=Cc1cccc([N+](=O)[O-])c1. The summed E-state index contributed by atoms with van der Waals surface area (Å²) in [6.07, 6.45) is 4.94. The number of nitrogens with one attached hydrogen (secondary N) is 1. The predicted octanol–water partition coefficient (Wildman–Crippen LogP) is 2.95. The molecule has 2 aromatic carbocycles. The van der Waals surface area contributed by atoms with Crippen LogP contribution in [0.1, 0.15) is 11.1 Å². The summed E-state index contributed by atoms with van der Waals surface area (Å²) < 4.78 is 0. The molecule has 0 radical (unpaired) electrons. The minimum Gasteiger partial charge on any atom is -0.273 e. The Hall–Kier alpha value is -3.28. The van der Waals surface area contributed by atoms with Gasteiger partial charge in [0.25, 0.3) is 5.69 Å². The van der Waals surface area contributed by atoms with Crippen LogP contribution in [-0.4, -0.2) is 17.0 Å². The van der Waals surface area contributed by atoms with Crippen molar-refractivity contribution in [2.75, 3.05) is 0 Å². The molecular weight excluding hydrogens is 294 g/mol. The molecule has 0 aliphatic carbocycles. The smallest absolute Gasteiger partial charge is 0.270 e. The molecule has 1 N–H and O–H groups in total. The summed E-state index contributed by atoms with van der Waals surface area (Å²) in [6.45, 7) is 0. The Morgan fingerprint density at radius 3 is 2.70 bits per heavy atom. The molecule has 0 atom stereocenters. The van der Waals surface area contributed by atoms with E-state index >= 15 is 0 Å². The van der Waals surface area contributed by atoms with Gasteiger partial charge in [-0.25, -0.2) is 5.43 Å². The molecule has 2 aromatic rings. The van der Waals surface area contributed by atoms with Crippen molar-refractivity contribution in [3.05, 3.63) is 81.9 Å². The van der Waals surface area contributed by atoms with Crippen molar-refractivity contribution in [3.63, 3.8) is 0 Å². The van der Waals surface area contributed by atoms with Gasteiger partial charge in [0, 0.05) is 18.3 Å². The maximum atomic E-state index is 11.6. The van der Waals surface area contributed by atoms with E-state index in [4.69, 9.17) is 0 Å². The Labute approximate surface area is 133 Å². The number of allylic oxidation sites excluding steroid dienone is 1. The molecular formula is C17H15N3O3. The summed E-state index contributed by atoms with van der Waals surface area (Å²) >= 11 is 0. The number of carbonyl (C=O) groups excluding carboxylic acids is 1. The van der Waals surface area contributed by atoms with Gasteiger partial charge in [-0.05, 0) is 17.2 Å². The van der Waals surface area contributed by atoms with E-state index in [2.05, 4.69) is 10.5 Å². The standard InChI is InChI=1S/C17H15N3O3/c21-17(13-15-6-2-1-3-7-15)19-18-11-5-9-14-8-4-10-16(12-14)20(22)23/h1-12H,13H2,(H,19,21). The number of hydrazone groups is 1. The fourth-order valence-corrected chi connectivity index (χ4v) is 1.87. The highest BCUT2D eigenvalue weighted by molar-refractivity contribution is 5.82. The Bertz CT molecular complexity index is 740. The Kier molecular flexibility index (Phi) is 5.76. The van der Waals surface area contributed by atoms with E-state index in [-0.39, 0.29) is 18.0 Å².